The van der Waals surface area contributed by atoms with Gasteiger partial charge in [-0.2, -0.15) is 5.10 Å². The molecule has 124 valence electrons. The third kappa shape index (κ3) is 4.00. The molecular formula is C18H20N4O2. The van der Waals surface area contributed by atoms with Crippen LogP contribution in [-0.4, -0.2) is 37.8 Å². The van der Waals surface area contributed by atoms with Crippen LogP contribution in [0, 0.1) is 18.8 Å². The summed E-state index contributed by atoms with van der Waals surface area (Å²) in [5.41, 5.74) is 0.937. The highest BCUT2D eigenvalue weighted by molar-refractivity contribution is 5.90. The van der Waals surface area contributed by atoms with Crippen LogP contribution < -0.4 is 5.32 Å². The first-order chi connectivity index (χ1) is 11.5. The number of aromatic nitrogens is 3. The summed E-state index contributed by atoms with van der Waals surface area (Å²) >= 11 is 0. The monoisotopic (exact) mass is 324 g/mol. The van der Waals surface area contributed by atoms with E-state index in [9.17, 15) is 9.90 Å². The smallest absolute Gasteiger partial charge is 0.288 e. The summed E-state index contributed by atoms with van der Waals surface area (Å²) in [6, 6.07) is 7.74. The second kappa shape index (κ2) is 6.85. The molecule has 0 saturated heterocycles. The Kier molecular flexibility index (Phi) is 4.63. The average Bonchev–Trinajstić information content (AvgIpc) is 3.08. The molecule has 1 aliphatic carbocycles. The summed E-state index contributed by atoms with van der Waals surface area (Å²) in [5, 5.41) is 19.8. The lowest BCUT2D eigenvalue weighted by atomic mass is 9.82. The lowest BCUT2D eigenvalue weighted by Gasteiger charge is -2.33. The molecule has 1 unspecified atom stereocenters. The summed E-state index contributed by atoms with van der Waals surface area (Å²) in [7, 11) is 0. The van der Waals surface area contributed by atoms with Crippen LogP contribution in [0.1, 0.15) is 47.4 Å². The van der Waals surface area contributed by atoms with Crippen molar-refractivity contribution in [3.05, 3.63) is 47.5 Å². The fourth-order valence-corrected chi connectivity index (χ4v) is 2.97. The van der Waals surface area contributed by atoms with Crippen molar-refractivity contribution < 1.29 is 9.90 Å². The van der Waals surface area contributed by atoms with Crippen molar-refractivity contribution in [2.45, 2.75) is 44.2 Å². The minimum absolute atomic E-state index is 0.131. The molecule has 6 heteroatoms. The fourth-order valence-electron chi connectivity index (χ4n) is 2.97. The Bertz CT molecular complexity index is 776. The molecule has 0 aliphatic heterocycles. The maximum atomic E-state index is 12.0. The zero-order chi connectivity index (χ0) is 17.0. The molecule has 6 nitrogen and oxygen atoms in total. The van der Waals surface area contributed by atoms with E-state index in [1.807, 2.05) is 31.2 Å². The van der Waals surface area contributed by atoms with Gasteiger partial charge in [0.1, 0.15) is 11.9 Å². The standard InChI is InChI=1S/C18H20N4O2/c1-13-4-2-5-14(10-13)7-9-18(24)8-3-6-15(11-18)21-17(23)16-19-12-20-22-16/h2,4-5,10,12,15,24H,3,6,8,11H2,1H3,(H,21,23)(H,19,20,22)/t15-,18?/m1/s1. The molecule has 0 spiro atoms. The zero-order valence-electron chi connectivity index (χ0n) is 13.5. The Hall–Kier alpha value is -2.65. The van der Waals surface area contributed by atoms with Gasteiger partial charge in [0, 0.05) is 18.0 Å². The van der Waals surface area contributed by atoms with E-state index >= 15 is 0 Å². The van der Waals surface area contributed by atoms with E-state index in [0.29, 0.717) is 12.8 Å². The molecule has 1 aliphatic rings. The predicted octanol–water partition coefficient (Wildman–Crippen LogP) is 1.57. The molecule has 2 atom stereocenters. The maximum absolute atomic E-state index is 12.0. The molecule has 1 saturated carbocycles. The highest BCUT2D eigenvalue weighted by atomic mass is 16.3. The van der Waals surface area contributed by atoms with Gasteiger partial charge in [-0.25, -0.2) is 4.98 Å². The molecule has 1 amide bonds. The molecule has 1 aromatic carbocycles. The molecule has 3 N–H and O–H groups in total. The third-order valence-corrected chi connectivity index (χ3v) is 4.15. The van der Waals surface area contributed by atoms with Gasteiger partial charge in [0.25, 0.3) is 5.91 Å². The maximum Gasteiger partial charge on any atom is 0.288 e. The number of H-pyrrole nitrogens is 1. The van der Waals surface area contributed by atoms with Gasteiger partial charge in [-0.1, -0.05) is 24.0 Å². The van der Waals surface area contributed by atoms with Gasteiger partial charge < -0.3 is 10.4 Å². The van der Waals surface area contributed by atoms with Gasteiger partial charge >= 0.3 is 0 Å². The number of carbonyl (C=O) groups excluding carboxylic acids is 1. The van der Waals surface area contributed by atoms with Crippen molar-refractivity contribution in [1.82, 2.24) is 20.5 Å². The normalized spacial score (nSPS) is 23.2. The molecule has 24 heavy (non-hydrogen) atoms. The van der Waals surface area contributed by atoms with Gasteiger partial charge in [0.05, 0.1) is 0 Å². The van der Waals surface area contributed by atoms with Gasteiger partial charge in [0.15, 0.2) is 0 Å². The number of aryl methyl sites for hydroxylation is 1. The van der Waals surface area contributed by atoms with E-state index in [2.05, 4.69) is 32.3 Å². The first-order valence-electron chi connectivity index (χ1n) is 8.02. The van der Waals surface area contributed by atoms with Gasteiger partial charge in [-0.3, -0.25) is 9.89 Å². The summed E-state index contributed by atoms with van der Waals surface area (Å²) < 4.78 is 0. The van der Waals surface area contributed by atoms with Gasteiger partial charge in [-0.05, 0) is 43.9 Å². The third-order valence-electron chi connectivity index (χ3n) is 4.15. The second-order valence-electron chi connectivity index (χ2n) is 6.25. The minimum Gasteiger partial charge on any atom is -0.378 e. The van der Waals surface area contributed by atoms with E-state index < -0.39 is 5.60 Å². The van der Waals surface area contributed by atoms with Crippen molar-refractivity contribution in [3.8, 4) is 11.8 Å². The highest BCUT2D eigenvalue weighted by Crippen LogP contribution is 2.28. The zero-order valence-corrected chi connectivity index (χ0v) is 13.5. The van der Waals surface area contributed by atoms with Crippen molar-refractivity contribution in [2.24, 2.45) is 0 Å². The van der Waals surface area contributed by atoms with Crippen molar-refractivity contribution >= 4 is 5.91 Å². The van der Waals surface area contributed by atoms with E-state index in [1.165, 1.54) is 6.33 Å². The first kappa shape index (κ1) is 16.2. The van der Waals surface area contributed by atoms with Crippen LogP contribution in [-0.2, 0) is 0 Å². The van der Waals surface area contributed by atoms with Crippen molar-refractivity contribution in [3.63, 3.8) is 0 Å². The largest absolute Gasteiger partial charge is 0.378 e. The predicted molar refractivity (Wildman–Crippen MR) is 89.1 cm³/mol. The topological polar surface area (TPSA) is 90.9 Å². The number of rotatable bonds is 2. The average molecular weight is 324 g/mol. The van der Waals surface area contributed by atoms with Crippen LogP contribution in [0.3, 0.4) is 0 Å². The summed E-state index contributed by atoms with van der Waals surface area (Å²) in [6.45, 7) is 2.01. The molecular weight excluding hydrogens is 304 g/mol. The van der Waals surface area contributed by atoms with Crippen LogP contribution in [0.25, 0.3) is 0 Å². The van der Waals surface area contributed by atoms with E-state index in [0.717, 1.165) is 24.0 Å². The SMILES string of the molecule is Cc1cccc(C#CC2(O)CCC[C@@H](NC(=O)c3ncn[nH]3)C2)c1. The minimum atomic E-state index is -1.08. The van der Waals surface area contributed by atoms with E-state index in [-0.39, 0.29) is 17.8 Å². The Morgan fingerprint density at radius 2 is 2.38 bits per heavy atom. The Morgan fingerprint density at radius 1 is 1.50 bits per heavy atom. The number of amides is 1. The molecule has 0 radical (unpaired) electrons. The van der Waals surface area contributed by atoms with Crippen LogP contribution >= 0.6 is 0 Å². The van der Waals surface area contributed by atoms with Crippen LogP contribution in [0.5, 0.6) is 0 Å². The number of nitrogens with zero attached hydrogens (tertiary/aromatic N) is 2. The molecule has 0 bridgehead atoms. The van der Waals surface area contributed by atoms with Crippen LogP contribution in [0.2, 0.25) is 0 Å². The van der Waals surface area contributed by atoms with E-state index in [4.69, 9.17) is 0 Å². The van der Waals surface area contributed by atoms with Crippen molar-refractivity contribution in [1.29, 1.82) is 0 Å². The Balaban J connectivity index is 1.67. The molecule has 1 heterocycles. The molecule has 1 fully saturated rings. The number of hydrogen-bond donors (Lipinski definition) is 3. The lowest BCUT2D eigenvalue weighted by molar-refractivity contribution is 0.0450. The Labute approximate surface area is 140 Å². The van der Waals surface area contributed by atoms with Crippen molar-refractivity contribution in [2.75, 3.05) is 0 Å². The molecule has 2 aromatic rings. The quantitative estimate of drug-likeness (QED) is 0.731. The second-order valence-corrected chi connectivity index (χ2v) is 6.25. The number of aliphatic hydroxyl groups is 1. The Morgan fingerprint density at radius 3 is 3.12 bits per heavy atom. The summed E-state index contributed by atoms with van der Waals surface area (Å²) in [6.07, 6.45) is 3.93. The van der Waals surface area contributed by atoms with Crippen LogP contribution in [0.4, 0.5) is 0 Å². The lowest BCUT2D eigenvalue weighted by Crippen LogP contribution is -2.45. The van der Waals surface area contributed by atoms with Gasteiger partial charge in [0.2, 0.25) is 5.82 Å². The number of aromatic amines is 1. The number of benzene rings is 1. The van der Waals surface area contributed by atoms with Gasteiger partial charge in [-0.15, -0.1) is 0 Å². The number of carbonyl (C=O) groups is 1. The van der Waals surface area contributed by atoms with E-state index in [1.54, 1.807) is 0 Å². The molecule has 3 rings (SSSR count). The fraction of sp³-hybridized carbons (Fsp3) is 0.389. The summed E-state index contributed by atoms with van der Waals surface area (Å²) in [4.78, 5) is 15.9. The number of hydrogen-bond acceptors (Lipinski definition) is 4. The highest BCUT2D eigenvalue weighted by Gasteiger charge is 2.33. The molecule has 1 aromatic heterocycles. The summed E-state index contributed by atoms with van der Waals surface area (Å²) in [5.74, 6) is 5.92. The number of nitrogens with one attached hydrogen (secondary N) is 2. The van der Waals surface area contributed by atoms with Crippen LogP contribution in [0.15, 0.2) is 30.6 Å². The first-order valence-corrected chi connectivity index (χ1v) is 8.02.